The fourth-order valence-electron chi connectivity index (χ4n) is 3.56. The maximum Gasteiger partial charge on any atom is 0.208 e. The minimum absolute atomic E-state index is 0.0106. The predicted molar refractivity (Wildman–Crippen MR) is 91.0 cm³/mol. The molecule has 2 fully saturated rings. The molecule has 130 valence electrons. The van der Waals surface area contributed by atoms with Crippen molar-refractivity contribution in [3.05, 3.63) is 16.1 Å². The van der Waals surface area contributed by atoms with E-state index in [4.69, 9.17) is 4.74 Å². The van der Waals surface area contributed by atoms with Gasteiger partial charge in [0.25, 0.3) is 0 Å². The van der Waals surface area contributed by atoms with Gasteiger partial charge in [-0.05, 0) is 32.6 Å². The lowest BCUT2D eigenvalue weighted by atomic mass is 9.90. The Kier molecular flexibility index (Phi) is 5.08. The molecule has 1 N–H and O–H groups in total. The van der Waals surface area contributed by atoms with Crippen LogP contribution in [-0.2, 0) is 21.3 Å². The summed E-state index contributed by atoms with van der Waals surface area (Å²) in [6.07, 6.45) is 5.31. The molecule has 2 aliphatic heterocycles. The zero-order chi connectivity index (χ0) is 16.5. The van der Waals surface area contributed by atoms with Gasteiger partial charge in [-0.1, -0.05) is 0 Å². The smallest absolute Gasteiger partial charge is 0.208 e. The van der Waals surface area contributed by atoms with Crippen molar-refractivity contribution in [2.45, 2.75) is 50.9 Å². The molecule has 3 heterocycles. The molecule has 0 amide bonds. The van der Waals surface area contributed by atoms with Gasteiger partial charge in [-0.2, -0.15) is 0 Å². The highest BCUT2D eigenvalue weighted by Gasteiger charge is 2.43. The van der Waals surface area contributed by atoms with Crippen molar-refractivity contribution in [2.75, 3.05) is 25.9 Å². The third kappa shape index (κ3) is 4.51. The van der Waals surface area contributed by atoms with Crippen LogP contribution in [0, 0.1) is 6.92 Å². The second-order valence-electron chi connectivity index (χ2n) is 6.76. The monoisotopic (exact) mass is 359 g/mol. The summed E-state index contributed by atoms with van der Waals surface area (Å²) in [6, 6.07) is 0. The van der Waals surface area contributed by atoms with E-state index in [0.717, 1.165) is 51.0 Å². The molecular formula is C15H25N3O3S2. The number of hydrogen-bond acceptors (Lipinski definition) is 6. The minimum atomic E-state index is -3.15. The SMILES string of the molecule is Cc1ncsc1CN1CC[C@]2(CCC[C@H](CNS(C)(=O)=O)O2)C1. The van der Waals surface area contributed by atoms with Gasteiger partial charge in [0.15, 0.2) is 0 Å². The summed E-state index contributed by atoms with van der Waals surface area (Å²) in [5.41, 5.74) is 2.93. The zero-order valence-electron chi connectivity index (χ0n) is 13.7. The van der Waals surface area contributed by atoms with Gasteiger partial charge in [-0.25, -0.2) is 18.1 Å². The summed E-state index contributed by atoms with van der Waals surface area (Å²) >= 11 is 1.71. The topological polar surface area (TPSA) is 71.5 Å². The van der Waals surface area contributed by atoms with E-state index in [1.165, 1.54) is 11.1 Å². The van der Waals surface area contributed by atoms with E-state index in [-0.39, 0.29) is 11.7 Å². The van der Waals surface area contributed by atoms with Crippen LogP contribution in [0.25, 0.3) is 0 Å². The normalized spacial score (nSPS) is 29.4. The van der Waals surface area contributed by atoms with Crippen LogP contribution >= 0.6 is 11.3 Å². The number of sulfonamides is 1. The number of thiazole rings is 1. The molecule has 2 atom stereocenters. The van der Waals surface area contributed by atoms with Crippen LogP contribution in [0.15, 0.2) is 5.51 Å². The first kappa shape index (κ1) is 17.3. The number of ether oxygens (including phenoxy) is 1. The summed E-state index contributed by atoms with van der Waals surface area (Å²) < 4.78 is 31.4. The summed E-state index contributed by atoms with van der Waals surface area (Å²) in [5.74, 6) is 0. The second kappa shape index (κ2) is 6.76. The molecule has 0 radical (unpaired) electrons. The van der Waals surface area contributed by atoms with Crippen molar-refractivity contribution >= 4 is 21.4 Å². The highest BCUT2D eigenvalue weighted by atomic mass is 32.2. The summed E-state index contributed by atoms with van der Waals surface area (Å²) in [7, 11) is -3.15. The molecular weight excluding hydrogens is 334 g/mol. The molecule has 2 aliphatic rings. The van der Waals surface area contributed by atoms with E-state index in [0.29, 0.717) is 6.54 Å². The quantitative estimate of drug-likeness (QED) is 0.863. The number of nitrogens with one attached hydrogen (secondary N) is 1. The Morgan fingerprint density at radius 2 is 2.35 bits per heavy atom. The van der Waals surface area contributed by atoms with Crippen LogP contribution in [0.4, 0.5) is 0 Å². The summed E-state index contributed by atoms with van der Waals surface area (Å²) in [6.45, 7) is 5.34. The van der Waals surface area contributed by atoms with Gasteiger partial charge in [-0.15, -0.1) is 11.3 Å². The second-order valence-corrected chi connectivity index (χ2v) is 9.53. The van der Waals surface area contributed by atoms with Gasteiger partial charge in [-0.3, -0.25) is 4.90 Å². The number of hydrogen-bond donors (Lipinski definition) is 1. The lowest BCUT2D eigenvalue weighted by molar-refractivity contribution is -0.118. The van der Waals surface area contributed by atoms with Crippen molar-refractivity contribution < 1.29 is 13.2 Å². The van der Waals surface area contributed by atoms with Crippen molar-refractivity contribution in [3.8, 4) is 0 Å². The first-order chi connectivity index (χ1) is 10.9. The van der Waals surface area contributed by atoms with Crippen LogP contribution in [-0.4, -0.2) is 55.9 Å². The lowest BCUT2D eigenvalue weighted by Crippen LogP contribution is -2.46. The van der Waals surface area contributed by atoms with Gasteiger partial charge in [0.05, 0.1) is 29.2 Å². The van der Waals surface area contributed by atoms with E-state index >= 15 is 0 Å². The zero-order valence-corrected chi connectivity index (χ0v) is 15.4. The average Bonchev–Trinajstić information content (AvgIpc) is 3.04. The molecule has 1 aromatic heterocycles. The standard InChI is InChI=1S/C15H25N3O3S2/c1-12-14(22-11-16-12)9-18-7-6-15(10-18)5-3-4-13(21-15)8-17-23(2,19)20/h11,13,17H,3-10H2,1-2H3/t13-,15-/m1/s1. The van der Waals surface area contributed by atoms with Crippen molar-refractivity contribution in [2.24, 2.45) is 0 Å². The van der Waals surface area contributed by atoms with Crippen LogP contribution in [0.2, 0.25) is 0 Å². The highest BCUT2D eigenvalue weighted by Crippen LogP contribution is 2.37. The number of nitrogens with zero attached hydrogens (tertiary/aromatic N) is 2. The Balaban J connectivity index is 1.56. The van der Waals surface area contributed by atoms with E-state index < -0.39 is 10.0 Å². The first-order valence-corrected chi connectivity index (χ1v) is 10.9. The molecule has 0 aliphatic carbocycles. The Morgan fingerprint density at radius 3 is 3.04 bits per heavy atom. The van der Waals surface area contributed by atoms with Gasteiger partial charge < -0.3 is 4.74 Å². The van der Waals surface area contributed by atoms with Gasteiger partial charge in [0.2, 0.25) is 10.0 Å². The molecule has 1 spiro atoms. The molecule has 0 aromatic carbocycles. The molecule has 0 unspecified atom stereocenters. The molecule has 0 bridgehead atoms. The molecule has 0 saturated carbocycles. The molecule has 6 nitrogen and oxygen atoms in total. The number of aryl methyl sites for hydroxylation is 1. The van der Waals surface area contributed by atoms with Crippen molar-refractivity contribution in [1.82, 2.24) is 14.6 Å². The highest BCUT2D eigenvalue weighted by molar-refractivity contribution is 7.88. The number of aromatic nitrogens is 1. The van der Waals surface area contributed by atoms with E-state index in [2.05, 4.69) is 21.5 Å². The van der Waals surface area contributed by atoms with E-state index in [9.17, 15) is 8.42 Å². The van der Waals surface area contributed by atoms with Gasteiger partial charge in [0.1, 0.15) is 0 Å². The average molecular weight is 360 g/mol. The molecule has 23 heavy (non-hydrogen) atoms. The van der Waals surface area contributed by atoms with Crippen LogP contribution in [0.1, 0.15) is 36.3 Å². The molecule has 1 aromatic rings. The Hall–Kier alpha value is -0.540. The number of likely N-dealkylation sites (tertiary alicyclic amines) is 1. The van der Waals surface area contributed by atoms with Crippen LogP contribution in [0.5, 0.6) is 0 Å². The molecule has 3 rings (SSSR count). The largest absolute Gasteiger partial charge is 0.369 e. The lowest BCUT2D eigenvalue weighted by Gasteiger charge is -2.38. The third-order valence-electron chi connectivity index (χ3n) is 4.76. The van der Waals surface area contributed by atoms with Crippen molar-refractivity contribution in [1.29, 1.82) is 0 Å². The Labute approximate surface area is 142 Å². The first-order valence-electron chi connectivity index (χ1n) is 8.09. The fraction of sp³-hybridized carbons (Fsp3) is 0.800. The van der Waals surface area contributed by atoms with Crippen LogP contribution < -0.4 is 4.72 Å². The maximum absolute atomic E-state index is 11.3. The minimum Gasteiger partial charge on any atom is -0.369 e. The third-order valence-corrected chi connectivity index (χ3v) is 6.37. The Bertz CT molecular complexity index is 646. The van der Waals surface area contributed by atoms with E-state index in [1.54, 1.807) is 11.3 Å². The van der Waals surface area contributed by atoms with E-state index in [1.807, 2.05) is 5.51 Å². The fourth-order valence-corrected chi connectivity index (χ4v) is 4.86. The van der Waals surface area contributed by atoms with Crippen molar-refractivity contribution in [3.63, 3.8) is 0 Å². The summed E-state index contributed by atoms with van der Waals surface area (Å²) in [4.78, 5) is 8.08. The maximum atomic E-state index is 11.3. The summed E-state index contributed by atoms with van der Waals surface area (Å²) in [5, 5.41) is 0. The predicted octanol–water partition coefficient (Wildman–Crippen LogP) is 1.51. The van der Waals surface area contributed by atoms with Gasteiger partial charge >= 0.3 is 0 Å². The molecule has 2 saturated heterocycles. The van der Waals surface area contributed by atoms with Crippen LogP contribution in [0.3, 0.4) is 0 Å². The van der Waals surface area contributed by atoms with Gasteiger partial charge in [0, 0.05) is 31.1 Å². The Morgan fingerprint density at radius 1 is 1.52 bits per heavy atom. The molecule has 8 heteroatoms. The number of rotatable bonds is 5.